The lowest BCUT2D eigenvalue weighted by molar-refractivity contribution is 0.498. The fourth-order valence-electron chi connectivity index (χ4n) is 1.81. The van der Waals surface area contributed by atoms with E-state index < -0.39 is 0 Å². The van der Waals surface area contributed by atoms with Crippen molar-refractivity contribution in [3.63, 3.8) is 0 Å². The van der Waals surface area contributed by atoms with Crippen molar-refractivity contribution in [2.75, 3.05) is 5.32 Å². The number of halogens is 1. The first-order valence-electron chi connectivity index (χ1n) is 5.71. The molecule has 90 valence electrons. The highest BCUT2D eigenvalue weighted by molar-refractivity contribution is 9.10. The van der Waals surface area contributed by atoms with Crippen molar-refractivity contribution in [1.29, 1.82) is 0 Å². The van der Waals surface area contributed by atoms with E-state index in [9.17, 15) is 0 Å². The summed E-state index contributed by atoms with van der Waals surface area (Å²) in [5.41, 5.74) is 2.37. The van der Waals surface area contributed by atoms with Gasteiger partial charge in [0.25, 0.3) is 0 Å². The van der Waals surface area contributed by atoms with Gasteiger partial charge in [-0.1, -0.05) is 12.1 Å². The molecule has 0 aliphatic carbocycles. The maximum Gasteiger partial charge on any atom is 0.105 e. The topological polar surface area (TPSA) is 25.2 Å². The molecule has 0 amide bonds. The van der Waals surface area contributed by atoms with Gasteiger partial charge in [0.15, 0.2) is 0 Å². The third-order valence-electron chi connectivity index (χ3n) is 2.68. The summed E-state index contributed by atoms with van der Waals surface area (Å²) >= 11 is 3.60. The van der Waals surface area contributed by atoms with Crippen molar-refractivity contribution < 1.29 is 4.42 Å². The van der Waals surface area contributed by atoms with Gasteiger partial charge in [0.2, 0.25) is 0 Å². The number of rotatable bonds is 4. The van der Waals surface area contributed by atoms with Gasteiger partial charge in [-0.15, -0.1) is 0 Å². The highest BCUT2D eigenvalue weighted by Gasteiger charge is 2.08. The molecule has 0 aliphatic heterocycles. The van der Waals surface area contributed by atoms with Crippen LogP contribution in [0.3, 0.4) is 0 Å². The Labute approximate surface area is 110 Å². The molecule has 1 N–H and O–H groups in total. The number of hydrogen-bond acceptors (Lipinski definition) is 2. The fourth-order valence-corrected chi connectivity index (χ4v) is 2.18. The minimum atomic E-state index is 0.333. The van der Waals surface area contributed by atoms with E-state index in [0.717, 1.165) is 22.3 Å². The highest BCUT2D eigenvalue weighted by Crippen LogP contribution is 2.26. The van der Waals surface area contributed by atoms with Gasteiger partial charge in [0, 0.05) is 22.6 Å². The Morgan fingerprint density at radius 1 is 1.29 bits per heavy atom. The molecule has 0 bridgehead atoms. The van der Waals surface area contributed by atoms with E-state index in [4.69, 9.17) is 4.42 Å². The lowest BCUT2D eigenvalue weighted by atomic mass is 10.1. The van der Waals surface area contributed by atoms with Crippen LogP contribution >= 0.6 is 15.9 Å². The summed E-state index contributed by atoms with van der Waals surface area (Å²) in [6.07, 6.45) is 2.60. The Hall–Kier alpha value is -1.22. The average Bonchev–Trinajstić information content (AvgIpc) is 2.77. The van der Waals surface area contributed by atoms with Gasteiger partial charge in [-0.25, -0.2) is 0 Å². The summed E-state index contributed by atoms with van der Waals surface area (Å²) in [5.74, 6) is 1.01. The predicted molar refractivity (Wildman–Crippen MR) is 74.4 cm³/mol. The van der Waals surface area contributed by atoms with Gasteiger partial charge in [0.1, 0.15) is 5.76 Å². The Bertz CT molecular complexity index is 479. The van der Waals surface area contributed by atoms with Gasteiger partial charge in [-0.2, -0.15) is 0 Å². The zero-order chi connectivity index (χ0) is 12.3. The van der Waals surface area contributed by atoms with Crippen LogP contribution in [0.2, 0.25) is 0 Å². The highest BCUT2D eigenvalue weighted by atomic mass is 79.9. The van der Waals surface area contributed by atoms with Crippen LogP contribution in [0.4, 0.5) is 5.69 Å². The number of furan rings is 1. The second-order valence-electron chi connectivity index (χ2n) is 4.27. The quantitative estimate of drug-likeness (QED) is 0.904. The van der Waals surface area contributed by atoms with Gasteiger partial charge in [-0.3, -0.25) is 0 Å². The molecule has 1 aromatic carbocycles. The third-order valence-corrected chi connectivity index (χ3v) is 3.73. The van der Waals surface area contributed by atoms with Crippen molar-refractivity contribution in [3.8, 4) is 0 Å². The summed E-state index contributed by atoms with van der Waals surface area (Å²) in [6, 6.07) is 10.5. The molecule has 1 atom stereocenters. The molecule has 0 fully saturated rings. The zero-order valence-electron chi connectivity index (χ0n) is 10.0. The first-order valence-corrected chi connectivity index (χ1v) is 6.50. The second kappa shape index (κ2) is 5.41. The Morgan fingerprint density at radius 2 is 2.12 bits per heavy atom. The molecule has 17 heavy (non-hydrogen) atoms. The number of hydrogen-bond donors (Lipinski definition) is 1. The normalized spacial score (nSPS) is 12.4. The molecule has 2 nitrogen and oxygen atoms in total. The standard InChI is InChI=1S/C14H16BrNO/c1-10-5-3-7-13(14(10)15)16-11(2)9-12-6-4-8-17-12/h3-8,11,16H,9H2,1-2H3. The van der Waals surface area contributed by atoms with Crippen LogP contribution in [-0.4, -0.2) is 6.04 Å². The summed E-state index contributed by atoms with van der Waals surface area (Å²) in [4.78, 5) is 0. The maximum absolute atomic E-state index is 5.34. The van der Waals surface area contributed by atoms with Gasteiger partial charge < -0.3 is 9.73 Å². The molecule has 0 saturated carbocycles. The molecular weight excluding hydrogens is 278 g/mol. The molecular formula is C14H16BrNO. The molecule has 1 aromatic heterocycles. The van der Waals surface area contributed by atoms with E-state index in [2.05, 4.69) is 53.3 Å². The molecule has 1 unspecified atom stereocenters. The zero-order valence-corrected chi connectivity index (χ0v) is 11.6. The van der Waals surface area contributed by atoms with Crippen LogP contribution in [0.5, 0.6) is 0 Å². The largest absolute Gasteiger partial charge is 0.469 e. The maximum atomic E-state index is 5.34. The molecule has 2 aromatic rings. The van der Waals surface area contributed by atoms with Gasteiger partial charge >= 0.3 is 0 Å². The van der Waals surface area contributed by atoms with E-state index in [1.807, 2.05) is 12.1 Å². The Morgan fingerprint density at radius 3 is 2.82 bits per heavy atom. The minimum Gasteiger partial charge on any atom is -0.469 e. The molecule has 1 heterocycles. The first kappa shape index (κ1) is 12.2. The minimum absolute atomic E-state index is 0.333. The van der Waals surface area contributed by atoms with Crippen molar-refractivity contribution in [1.82, 2.24) is 0 Å². The molecule has 0 saturated heterocycles. The number of anilines is 1. The SMILES string of the molecule is Cc1cccc(NC(C)Cc2ccco2)c1Br. The molecule has 2 rings (SSSR count). The lowest BCUT2D eigenvalue weighted by Crippen LogP contribution is -2.18. The monoisotopic (exact) mass is 293 g/mol. The third kappa shape index (κ3) is 3.13. The van der Waals surface area contributed by atoms with E-state index >= 15 is 0 Å². The molecule has 3 heteroatoms. The first-order chi connectivity index (χ1) is 8.16. The Balaban J connectivity index is 2.03. The van der Waals surface area contributed by atoms with Gasteiger partial charge in [0.05, 0.1) is 6.26 Å². The lowest BCUT2D eigenvalue weighted by Gasteiger charge is -2.16. The molecule has 0 aliphatic rings. The average molecular weight is 294 g/mol. The summed E-state index contributed by atoms with van der Waals surface area (Å²) in [7, 11) is 0. The smallest absolute Gasteiger partial charge is 0.105 e. The van der Waals surface area contributed by atoms with Crippen LogP contribution in [-0.2, 0) is 6.42 Å². The molecule has 0 spiro atoms. The summed E-state index contributed by atoms with van der Waals surface area (Å²) in [6.45, 7) is 4.24. The summed E-state index contributed by atoms with van der Waals surface area (Å²) in [5, 5.41) is 3.48. The van der Waals surface area contributed by atoms with E-state index in [-0.39, 0.29) is 0 Å². The van der Waals surface area contributed by atoms with Crippen LogP contribution in [0.15, 0.2) is 45.5 Å². The number of benzene rings is 1. The molecule has 0 radical (unpaired) electrons. The van der Waals surface area contributed by atoms with Gasteiger partial charge in [-0.05, 0) is 53.5 Å². The van der Waals surface area contributed by atoms with Crippen molar-refractivity contribution >= 4 is 21.6 Å². The number of nitrogens with one attached hydrogen (secondary N) is 1. The van der Waals surface area contributed by atoms with Crippen LogP contribution < -0.4 is 5.32 Å². The fraction of sp³-hybridized carbons (Fsp3) is 0.286. The Kier molecular flexibility index (Phi) is 3.89. The van der Waals surface area contributed by atoms with Crippen LogP contribution in [0, 0.1) is 6.92 Å². The predicted octanol–water partition coefficient (Wildman–Crippen LogP) is 4.39. The van der Waals surface area contributed by atoms with Crippen LogP contribution in [0.25, 0.3) is 0 Å². The van der Waals surface area contributed by atoms with Crippen molar-refractivity contribution in [2.45, 2.75) is 26.3 Å². The van der Waals surface area contributed by atoms with Crippen LogP contribution in [0.1, 0.15) is 18.2 Å². The van der Waals surface area contributed by atoms with E-state index in [0.29, 0.717) is 6.04 Å². The van der Waals surface area contributed by atoms with E-state index in [1.54, 1.807) is 6.26 Å². The summed E-state index contributed by atoms with van der Waals surface area (Å²) < 4.78 is 6.47. The second-order valence-corrected chi connectivity index (χ2v) is 5.06. The van der Waals surface area contributed by atoms with E-state index in [1.165, 1.54) is 5.56 Å². The van der Waals surface area contributed by atoms with Crippen molar-refractivity contribution in [2.24, 2.45) is 0 Å². The van der Waals surface area contributed by atoms with Crippen molar-refractivity contribution in [3.05, 3.63) is 52.4 Å². The number of aryl methyl sites for hydroxylation is 1.